The molecule has 0 spiro atoms. The highest BCUT2D eigenvalue weighted by Crippen LogP contribution is 2.29. The molecule has 0 heterocycles. The molecule has 0 radical (unpaired) electrons. The highest BCUT2D eigenvalue weighted by molar-refractivity contribution is 8.00. The van der Waals surface area contributed by atoms with Crippen LogP contribution in [0.4, 0.5) is 11.4 Å². The maximum Gasteiger partial charge on any atom is 0.237 e. The van der Waals surface area contributed by atoms with Crippen molar-refractivity contribution in [2.45, 2.75) is 49.2 Å². The third-order valence-electron chi connectivity index (χ3n) is 4.89. The van der Waals surface area contributed by atoms with Gasteiger partial charge in [-0.25, -0.2) is 0 Å². The lowest BCUT2D eigenvalue weighted by Gasteiger charge is -2.21. The van der Waals surface area contributed by atoms with Gasteiger partial charge in [0.25, 0.3) is 0 Å². The van der Waals surface area contributed by atoms with Gasteiger partial charge in [-0.2, -0.15) is 0 Å². The summed E-state index contributed by atoms with van der Waals surface area (Å²) in [7, 11) is 0. The first-order valence-electron chi connectivity index (χ1n) is 9.75. The molecule has 0 aliphatic heterocycles. The average molecular weight is 451 g/mol. The van der Waals surface area contributed by atoms with E-state index in [0.29, 0.717) is 15.7 Å². The first kappa shape index (κ1) is 22.0. The molecule has 0 bridgehead atoms. The third-order valence-corrected chi connectivity index (χ3v) is 6.42. The predicted molar refractivity (Wildman–Crippen MR) is 122 cm³/mol. The van der Waals surface area contributed by atoms with Crippen LogP contribution in [0.5, 0.6) is 0 Å². The highest BCUT2D eigenvalue weighted by atomic mass is 35.5. The first-order valence-corrected chi connectivity index (χ1v) is 11.4. The van der Waals surface area contributed by atoms with Gasteiger partial charge in [-0.3, -0.25) is 9.59 Å². The van der Waals surface area contributed by atoms with Crippen molar-refractivity contribution in [3.8, 4) is 0 Å². The number of halogens is 2. The monoisotopic (exact) mass is 450 g/mol. The van der Waals surface area contributed by atoms with Gasteiger partial charge in [0, 0.05) is 32.2 Å². The van der Waals surface area contributed by atoms with Gasteiger partial charge in [-0.1, -0.05) is 48.5 Å². The van der Waals surface area contributed by atoms with E-state index in [9.17, 15) is 9.59 Å². The molecule has 2 aromatic rings. The second kappa shape index (κ2) is 10.4. The van der Waals surface area contributed by atoms with Crippen molar-refractivity contribution in [2.75, 3.05) is 10.6 Å². The zero-order valence-corrected chi connectivity index (χ0v) is 18.5. The Morgan fingerprint density at radius 3 is 2.34 bits per heavy atom. The van der Waals surface area contributed by atoms with Gasteiger partial charge >= 0.3 is 0 Å². The van der Waals surface area contributed by atoms with Gasteiger partial charge in [0.05, 0.1) is 5.25 Å². The van der Waals surface area contributed by atoms with E-state index in [2.05, 4.69) is 10.6 Å². The van der Waals surface area contributed by atoms with E-state index in [1.807, 2.05) is 31.2 Å². The van der Waals surface area contributed by atoms with Crippen LogP contribution >= 0.6 is 35.0 Å². The van der Waals surface area contributed by atoms with Crippen LogP contribution in [0.3, 0.4) is 0 Å². The zero-order valence-electron chi connectivity index (χ0n) is 16.2. The number of carbonyl (C=O) groups is 2. The van der Waals surface area contributed by atoms with Crippen molar-refractivity contribution in [3.05, 3.63) is 52.5 Å². The molecule has 1 saturated carbocycles. The second-order valence-electron chi connectivity index (χ2n) is 7.26. The predicted octanol–water partition coefficient (Wildman–Crippen LogP) is 6.63. The number of hydrogen-bond acceptors (Lipinski definition) is 3. The molecular weight excluding hydrogens is 427 g/mol. The molecule has 1 aliphatic carbocycles. The summed E-state index contributed by atoms with van der Waals surface area (Å²) in [6, 6.07) is 12.5. The van der Waals surface area contributed by atoms with Crippen LogP contribution in [0, 0.1) is 5.92 Å². The molecule has 2 N–H and O–H groups in total. The Morgan fingerprint density at radius 1 is 0.966 bits per heavy atom. The molecule has 0 saturated heterocycles. The van der Waals surface area contributed by atoms with Gasteiger partial charge in [-0.15, -0.1) is 11.8 Å². The number of amides is 2. The van der Waals surface area contributed by atoms with E-state index in [1.165, 1.54) is 18.2 Å². The highest BCUT2D eigenvalue weighted by Gasteiger charge is 2.21. The summed E-state index contributed by atoms with van der Waals surface area (Å²) in [6.45, 7) is 1.83. The van der Waals surface area contributed by atoms with Gasteiger partial charge in [0.15, 0.2) is 0 Å². The van der Waals surface area contributed by atoms with Crippen molar-refractivity contribution in [3.63, 3.8) is 0 Å². The van der Waals surface area contributed by atoms with Crippen LogP contribution in [0.25, 0.3) is 0 Å². The molecule has 2 amide bonds. The number of carbonyl (C=O) groups excluding carboxylic acids is 2. The molecule has 0 aromatic heterocycles. The van der Waals surface area contributed by atoms with Gasteiger partial charge in [-0.05, 0) is 56.2 Å². The molecule has 29 heavy (non-hydrogen) atoms. The Hall–Kier alpha value is -1.69. The van der Waals surface area contributed by atoms with E-state index in [0.717, 1.165) is 36.3 Å². The summed E-state index contributed by atoms with van der Waals surface area (Å²) in [5.41, 5.74) is 1.33. The van der Waals surface area contributed by atoms with Gasteiger partial charge < -0.3 is 10.6 Å². The summed E-state index contributed by atoms with van der Waals surface area (Å²) < 4.78 is 0. The van der Waals surface area contributed by atoms with Crippen molar-refractivity contribution in [2.24, 2.45) is 5.92 Å². The fourth-order valence-electron chi connectivity index (χ4n) is 3.38. The van der Waals surface area contributed by atoms with E-state index in [4.69, 9.17) is 23.2 Å². The standard InChI is InChI=1S/C22H24Cl2N2O2S/c1-14(21(27)26-19-11-16(23)10-17(24)12-19)29-20-9-5-8-18(13-20)25-22(28)15-6-3-2-4-7-15/h5,8-15H,2-4,6-7H2,1H3,(H,25,28)(H,26,27). The maximum absolute atomic E-state index is 12.5. The largest absolute Gasteiger partial charge is 0.326 e. The van der Waals surface area contributed by atoms with Crippen LogP contribution in [0.15, 0.2) is 47.4 Å². The molecule has 3 rings (SSSR count). The minimum Gasteiger partial charge on any atom is -0.326 e. The van der Waals surface area contributed by atoms with Crippen molar-refractivity contribution < 1.29 is 9.59 Å². The van der Waals surface area contributed by atoms with E-state index >= 15 is 0 Å². The Morgan fingerprint density at radius 2 is 1.66 bits per heavy atom. The van der Waals surface area contributed by atoms with Crippen LogP contribution in [-0.4, -0.2) is 17.1 Å². The molecule has 154 valence electrons. The fraction of sp³-hybridized carbons (Fsp3) is 0.364. The van der Waals surface area contributed by atoms with Crippen LogP contribution < -0.4 is 10.6 Å². The summed E-state index contributed by atoms with van der Waals surface area (Å²) in [4.78, 5) is 25.9. The number of nitrogens with one attached hydrogen (secondary N) is 2. The minimum atomic E-state index is -0.336. The lowest BCUT2D eigenvalue weighted by Crippen LogP contribution is -2.24. The molecule has 1 aliphatic rings. The average Bonchev–Trinajstić information content (AvgIpc) is 2.68. The number of anilines is 2. The normalized spacial score (nSPS) is 15.6. The van der Waals surface area contributed by atoms with E-state index < -0.39 is 0 Å². The van der Waals surface area contributed by atoms with Crippen molar-refractivity contribution in [1.82, 2.24) is 0 Å². The summed E-state index contributed by atoms with van der Waals surface area (Å²) in [5, 5.41) is 6.46. The molecule has 4 nitrogen and oxygen atoms in total. The smallest absolute Gasteiger partial charge is 0.237 e. The lowest BCUT2D eigenvalue weighted by atomic mass is 9.88. The van der Waals surface area contributed by atoms with E-state index in [1.54, 1.807) is 18.2 Å². The number of thioether (sulfide) groups is 1. The molecule has 2 aromatic carbocycles. The Bertz CT molecular complexity index is 865. The van der Waals surface area contributed by atoms with Gasteiger partial charge in [0.1, 0.15) is 0 Å². The van der Waals surface area contributed by atoms with Crippen molar-refractivity contribution >= 4 is 58.2 Å². The first-order chi connectivity index (χ1) is 13.9. The van der Waals surface area contributed by atoms with Gasteiger partial charge in [0.2, 0.25) is 11.8 Å². The van der Waals surface area contributed by atoms with Crippen LogP contribution in [-0.2, 0) is 9.59 Å². The second-order valence-corrected chi connectivity index (χ2v) is 9.55. The third kappa shape index (κ3) is 6.66. The lowest BCUT2D eigenvalue weighted by molar-refractivity contribution is -0.120. The SMILES string of the molecule is CC(Sc1cccc(NC(=O)C2CCCCC2)c1)C(=O)Nc1cc(Cl)cc(Cl)c1. The summed E-state index contributed by atoms with van der Waals surface area (Å²) in [5.74, 6) is 0.0507. The zero-order chi connectivity index (χ0) is 20.8. The van der Waals surface area contributed by atoms with Crippen LogP contribution in [0.1, 0.15) is 39.0 Å². The molecule has 1 unspecified atom stereocenters. The molecule has 1 atom stereocenters. The number of hydrogen-bond donors (Lipinski definition) is 2. The fourth-order valence-corrected chi connectivity index (χ4v) is 4.84. The maximum atomic E-state index is 12.5. The number of benzene rings is 2. The van der Waals surface area contributed by atoms with E-state index in [-0.39, 0.29) is 23.0 Å². The molecule has 7 heteroatoms. The summed E-state index contributed by atoms with van der Waals surface area (Å²) >= 11 is 13.4. The quantitative estimate of drug-likeness (QED) is 0.485. The Labute approximate surface area is 185 Å². The Kier molecular flexibility index (Phi) is 7.87. The Balaban J connectivity index is 1.58. The number of rotatable bonds is 6. The molecule has 1 fully saturated rings. The van der Waals surface area contributed by atoms with Crippen molar-refractivity contribution in [1.29, 1.82) is 0 Å². The summed E-state index contributed by atoms with van der Waals surface area (Å²) in [6.07, 6.45) is 5.39. The minimum absolute atomic E-state index is 0.0930. The van der Waals surface area contributed by atoms with Crippen LogP contribution in [0.2, 0.25) is 10.0 Å². The topological polar surface area (TPSA) is 58.2 Å². The molecular formula is C22H24Cl2N2O2S.